The number of allylic oxidation sites excluding steroid dienone is 8. The fraction of sp³-hybridized carbons (Fsp3) is 0.800. The van der Waals surface area contributed by atoms with Crippen LogP contribution in [-0.4, -0.2) is 79.8 Å². The molecule has 0 aromatic rings. The molecule has 0 fully saturated rings. The van der Waals surface area contributed by atoms with Crippen LogP contribution < -0.4 is 10.2 Å². The van der Waals surface area contributed by atoms with Crippen molar-refractivity contribution in [1.82, 2.24) is 5.32 Å². The van der Waals surface area contributed by atoms with E-state index in [0.29, 0.717) is 23.9 Å². The SMILES string of the molecule is CC/C=C\C/C=C\C/C=C\C/C=C\CCCCCCCCC(=O)NC(COP(=O)([O-])OCC[N+](C)(C)C)C(O)C(O)CCCCCCCCCCCCCC. The number of nitrogens with one attached hydrogen (secondary N) is 1. The van der Waals surface area contributed by atoms with E-state index in [1.807, 2.05) is 21.1 Å². The molecule has 4 unspecified atom stereocenters. The van der Waals surface area contributed by atoms with Crippen molar-refractivity contribution in [3.8, 4) is 0 Å². The first-order valence-electron chi connectivity index (χ1n) is 22.1. The molecule has 0 saturated heterocycles. The maximum absolute atomic E-state index is 12.9. The third-order valence-electron chi connectivity index (χ3n) is 9.67. The largest absolute Gasteiger partial charge is 0.756 e. The van der Waals surface area contributed by atoms with Crippen LogP contribution in [0.5, 0.6) is 0 Å². The lowest BCUT2D eigenvalue weighted by Gasteiger charge is -2.31. The standard InChI is InChI=1S/C45H85N2O7P/c1-6-8-10-12-14-16-18-20-21-22-23-24-25-26-28-30-32-34-36-38-44(49)46-42(41-54-55(51,52)53-40-39-47(3,4)5)45(50)43(48)37-35-33-31-29-27-19-17-15-13-11-9-7-2/h8,10,14,16,20-21,23-24,42-43,45,48,50H,6-7,9,11-13,15,17-19,22,25-41H2,1-5H3,(H-,46,49,51,52)/b10-8-,16-14-,21-20-,24-23-. The quantitative estimate of drug-likeness (QED) is 0.0245. The molecular formula is C45H85N2O7P. The highest BCUT2D eigenvalue weighted by Gasteiger charge is 2.29. The zero-order chi connectivity index (χ0) is 40.9. The summed E-state index contributed by atoms with van der Waals surface area (Å²) in [6, 6.07) is -1.08. The number of phosphoric acid groups is 1. The zero-order valence-corrected chi connectivity index (χ0v) is 36.9. The number of likely N-dealkylation sites (N-methyl/N-ethyl adjacent to an activating group) is 1. The summed E-state index contributed by atoms with van der Waals surface area (Å²) < 4.78 is 23.1. The van der Waals surface area contributed by atoms with Crippen molar-refractivity contribution in [2.45, 2.75) is 193 Å². The van der Waals surface area contributed by atoms with E-state index in [-0.39, 0.29) is 18.9 Å². The van der Waals surface area contributed by atoms with Crippen LogP contribution in [0.1, 0.15) is 174 Å². The van der Waals surface area contributed by atoms with Gasteiger partial charge in [0, 0.05) is 6.42 Å². The molecule has 0 aliphatic rings. The highest BCUT2D eigenvalue weighted by atomic mass is 31.2. The molecule has 0 saturated carbocycles. The van der Waals surface area contributed by atoms with E-state index in [9.17, 15) is 24.5 Å². The van der Waals surface area contributed by atoms with E-state index in [2.05, 4.69) is 67.8 Å². The summed E-state index contributed by atoms with van der Waals surface area (Å²) >= 11 is 0. The van der Waals surface area contributed by atoms with Crippen molar-refractivity contribution in [2.24, 2.45) is 0 Å². The first kappa shape index (κ1) is 53.4. The molecule has 322 valence electrons. The molecule has 55 heavy (non-hydrogen) atoms. The molecule has 0 aliphatic heterocycles. The highest BCUT2D eigenvalue weighted by Crippen LogP contribution is 2.38. The van der Waals surface area contributed by atoms with Gasteiger partial charge < -0.3 is 34.0 Å². The molecule has 10 heteroatoms. The van der Waals surface area contributed by atoms with Gasteiger partial charge in [-0.15, -0.1) is 0 Å². The Bertz CT molecular complexity index is 1060. The van der Waals surface area contributed by atoms with Gasteiger partial charge in [0.05, 0.1) is 39.9 Å². The van der Waals surface area contributed by atoms with Gasteiger partial charge in [0.2, 0.25) is 5.91 Å². The number of amides is 1. The van der Waals surface area contributed by atoms with Crippen LogP contribution in [0.4, 0.5) is 0 Å². The first-order valence-corrected chi connectivity index (χ1v) is 23.5. The number of carbonyl (C=O) groups is 1. The summed E-state index contributed by atoms with van der Waals surface area (Å²) in [4.78, 5) is 25.4. The number of hydrogen-bond acceptors (Lipinski definition) is 7. The lowest BCUT2D eigenvalue weighted by Crippen LogP contribution is -2.51. The predicted molar refractivity (Wildman–Crippen MR) is 230 cm³/mol. The Labute approximate surface area is 338 Å². The summed E-state index contributed by atoms with van der Waals surface area (Å²) in [6.45, 7) is 4.29. The molecular weight excluding hydrogens is 711 g/mol. The van der Waals surface area contributed by atoms with Crippen LogP contribution in [0.15, 0.2) is 48.6 Å². The first-order chi connectivity index (χ1) is 26.4. The van der Waals surface area contributed by atoms with Gasteiger partial charge in [0.1, 0.15) is 19.3 Å². The van der Waals surface area contributed by atoms with Gasteiger partial charge in [-0.1, -0.05) is 165 Å². The summed E-state index contributed by atoms with van der Waals surface area (Å²) in [7, 11) is 1.11. The second-order valence-electron chi connectivity index (χ2n) is 16.2. The zero-order valence-electron chi connectivity index (χ0n) is 36.0. The Balaban J connectivity index is 4.52. The lowest BCUT2D eigenvalue weighted by molar-refractivity contribution is -0.870. The fourth-order valence-corrected chi connectivity index (χ4v) is 6.85. The topological polar surface area (TPSA) is 128 Å². The Morgan fingerprint density at radius 3 is 1.67 bits per heavy atom. The van der Waals surface area contributed by atoms with Crippen LogP contribution in [0.25, 0.3) is 0 Å². The Morgan fingerprint density at radius 1 is 0.673 bits per heavy atom. The van der Waals surface area contributed by atoms with Gasteiger partial charge in [-0.2, -0.15) is 0 Å². The van der Waals surface area contributed by atoms with E-state index in [1.54, 1.807) is 0 Å². The molecule has 1 amide bonds. The van der Waals surface area contributed by atoms with Crippen molar-refractivity contribution in [3.05, 3.63) is 48.6 Å². The summed E-state index contributed by atoms with van der Waals surface area (Å²) in [5.74, 6) is -0.295. The van der Waals surface area contributed by atoms with Crippen molar-refractivity contribution >= 4 is 13.7 Å². The van der Waals surface area contributed by atoms with Gasteiger partial charge in [-0.25, -0.2) is 0 Å². The Kier molecular flexibility index (Phi) is 35.7. The van der Waals surface area contributed by atoms with Crippen molar-refractivity contribution < 1.29 is 38.0 Å². The number of carbonyl (C=O) groups excluding carboxylic acids is 1. The van der Waals surface area contributed by atoms with Crippen LogP contribution in [0.3, 0.4) is 0 Å². The minimum Gasteiger partial charge on any atom is -0.756 e. The maximum atomic E-state index is 12.9. The fourth-order valence-electron chi connectivity index (χ4n) is 6.13. The van der Waals surface area contributed by atoms with Crippen LogP contribution in [0, 0.1) is 0 Å². The third-order valence-corrected chi connectivity index (χ3v) is 10.6. The molecule has 3 N–H and O–H groups in total. The Morgan fingerprint density at radius 2 is 1.15 bits per heavy atom. The van der Waals surface area contributed by atoms with Gasteiger partial charge in [0.15, 0.2) is 0 Å². The maximum Gasteiger partial charge on any atom is 0.268 e. The second kappa shape index (κ2) is 36.7. The van der Waals surface area contributed by atoms with Crippen LogP contribution in [-0.2, 0) is 18.4 Å². The number of unbranched alkanes of at least 4 members (excludes halogenated alkanes) is 17. The van der Waals surface area contributed by atoms with Crippen molar-refractivity contribution in [2.75, 3.05) is 40.9 Å². The molecule has 4 atom stereocenters. The summed E-state index contributed by atoms with van der Waals surface area (Å²) in [5.41, 5.74) is 0. The molecule has 0 radical (unpaired) electrons. The van der Waals surface area contributed by atoms with Gasteiger partial charge >= 0.3 is 0 Å². The molecule has 9 nitrogen and oxygen atoms in total. The molecule has 0 aliphatic carbocycles. The van der Waals surface area contributed by atoms with E-state index >= 15 is 0 Å². The minimum absolute atomic E-state index is 0.0458. The molecule has 0 aromatic heterocycles. The third kappa shape index (κ3) is 37.7. The average molecular weight is 797 g/mol. The van der Waals surface area contributed by atoms with E-state index in [1.165, 1.54) is 57.8 Å². The molecule has 0 heterocycles. The summed E-state index contributed by atoms with van der Waals surface area (Å²) in [5, 5.41) is 24.6. The number of aliphatic hydroxyl groups excluding tert-OH is 2. The highest BCUT2D eigenvalue weighted by molar-refractivity contribution is 7.45. The van der Waals surface area contributed by atoms with Crippen molar-refractivity contribution in [1.29, 1.82) is 0 Å². The normalized spacial score (nSPS) is 15.4. The minimum atomic E-state index is -4.67. The monoisotopic (exact) mass is 797 g/mol. The van der Waals surface area contributed by atoms with E-state index < -0.39 is 32.7 Å². The number of aliphatic hydroxyl groups is 2. The molecule has 0 bridgehead atoms. The number of hydrogen-bond donors (Lipinski definition) is 3. The van der Waals surface area contributed by atoms with Gasteiger partial charge in [-0.05, 0) is 51.4 Å². The number of phosphoric ester groups is 1. The molecule has 0 spiro atoms. The van der Waals surface area contributed by atoms with Crippen LogP contribution in [0.2, 0.25) is 0 Å². The summed E-state index contributed by atoms with van der Waals surface area (Å²) in [6.07, 6.45) is 41.4. The van der Waals surface area contributed by atoms with E-state index in [0.717, 1.165) is 83.5 Å². The van der Waals surface area contributed by atoms with Gasteiger partial charge in [0.25, 0.3) is 7.82 Å². The van der Waals surface area contributed by atoms with E-state index in [4.69, 9.17) is 9.05 Å². The van der Waals surface area contributed by atoms with Gasteiger partial charge in [-0.3, -0.25) is 9.36 Å². The number of rotatable bonds is 39. The molecule has 0 rings (SSSR count). The lowest BCUT2D eigenvalue weighted by atomic mass is 9.99. The molecule has 0 aromatic carbocycles. The second-order valence-corrected chi connectivity index (χ2v) is 17.6. The number of quaternary nitrogens is 1. The Hall–Kier alpha value is -1.58. The average Bonchev–Trinajstić information content (AvgIpc) is 3.13. The number of nitrogens with zero attached hydrogens (tertiary/aromatic N) is 1. The van der Waals surface area contributed by atoms with Crippen LogP contribution >= 0.6 is 7.82 Å². The smallest absolute Gasteiger partial charge is 0.268 e. The van der Waals surface area contributed by atoms with Crippen molar-refractivity contribution in [3.63, 3.8) is 0 Å². The predicted octanol–water partition coefficient (Wildman–Crippen LogP) is 10.4.